The van der Waals surface area contributed by atoms with Crippen molar-refractivity contribution in [3.8, 4) is 11.9 Å². The van der Waals surface area contributed by atoms with E-state index in [1.54, 1.807) is 6.92 Å². The zero-order chi connectivity index (χ0) is 20.0. The standard InChI is InChI=1S/C22H29N3O2/c1-5-7-8-17(6-2)14-25-21(26)19(13-23)16(4)20(22(25)27)24-18-11-9-15(3)10-12-18/h9-12,17,24,26H,5-8,14H2,1-4H3. The Morgan fingerprint density at radius 1 is 1.22 bits per heavy atom. The Bertz CT molecular complexity index is 876. The van der Waals surface area contributed by atoms with E-state index in [2.05, 4.69) is 25.2 Å². The summed E-state index contributed by atoms with van der Waals surface area (Å²) in [6.07, 6.45) is 4.09. The maximum atomic E-state index is 13.1. The number of pyridine rings is 1. The number of aromatic nitrogens is 1. The molecular formula is C22H29N3O2. The quantitative estimate of drug-likeness (QED) is 0.688. The summed E-state index contributed by atoms with van der Waals surface area (Å²) in [6.45, 7) is 8.33. The van der Waals surface area contributed by atoms with E-state index < -0.39 is 0 Å². The van der Waals surface area contributed by atoms with Gasteiger partial charge < -0.3 is 10.4 Å². The van der Waals surface area contributed by atoms with E-state index >= 15 is 0 Å². The molecule has 0 aliphatic carbocycles. The molecule has 2 rings (SSSR count). The van der Waals surface area contributed by atoms with Crippen LogP contribution in [0.25, 0.3) is 0 Å². The molecule has 0 amide bonds. The molecule has 5 heteroatoms. The fraction of sp³-hybridized carbons (Fsp3) is 0.455. The van der Waals surface area contributed by atoms with E-state index in [9.17, 15) is 15.2 Å². The minimum Gasteiger partial charge on any atom is -0.493 e. The highest BCUT2D eigenvalue weighted by Gasteiger charge is 2.21. The lowest BCUT2D eigenvalue weighted by Crippen LogP contribution is -2.27. The van der Waals surface area contributed by atoms with Crippen LogP contribution in [0.2, 0.25) is 0 Å². The van der Waals surface area contributed by atoms with Crippen molar-refractivity contribution in [3.63, 3.8) is 0 Å². The van der Waals surface area contributed by atoms with Crippen molar-refractivity contribution in [2.24, 2.45) is 5.92 Å². The third-order valence-electron chi connectivity index (χ3n) is 5.11. The highest BCUT2D eigenvalue weighted by atomic mass is 16.3. The van der Waals surface area contributed by atoms with Gasteiger partial charge in [-0.25, -0.2) is 0 Å². The Morgan fingerprint density at radius 3 is 2.44 bits per heavy atom. The number of unbranched alkanes of at least 4 members (excludes halogenated alkanes) is 1. The average molecular weight is 367 g/mol. The van der Waals surface area contributed by atoms with Crippen LogP contribution in [0.3, 0.4) is 0 Å². The lowest BCUT2D eigenvalue weighted by molar-refractivity contribution is 0.339. The summed E-state index contributed by atoms with van der Waals surface area (Å²) in [5.74, 6) is 0.0550. The summed E-state index contributed by atoms with van der Waals surface area (Å²) in [5.41, 5.74) is 2.57. The van der Waals surface area contributed by atoms with Gasteiger partial charge in [0.1, 0.15) is 17.3 Å². The molecule has 0 aliphatic heterocycles. The average Bonchev–Trinajstić information content (AvgIpc) is 2.66. The number of benzene rings is 1. The van der Waals surface area contributed by atoms with Crippen LogP contribution in [0.4, 0.5) is 11.4 Å². The van der Waals surface area contributed by atoms with Crippen molar-refractivity contribution in [1.82, 2.24) is 4.57 Å². The molecule has 0 saturated heterocycles. The normalized spacial score (nSPS) is 11.8. The summed E-state index contributed by atoms with van der Waals surface area (Å²) in [4.78, 5) is 13.1. The number of hydrogen-bond acceptors (Lipinski definition) is 4. The van der Waals surface area contributed by atoms with Crippen molar-refractivity contribution in [3.05, 3.63) is 51.3 Å². The molecule has 2 N–H and O–H groups in total. The monoisotopic (exact) mass is 367 g/mol. The van der Waals surface area contributed by atoms with Gasteiger partial charge in [-0.05, 0) is 38.3 Å². The third-order valence-corrected chi connectivity index (χ3v) is 5.11. The number of aromatic hydroxyl groups is 1. The van der Waals surface area contributed by atoms with E-state index in [1.807, 2.05) is 31.2 Å². The number of anilines is 2. The van der Waals surface area contributed by atoms with Crippen LogP contribution in [0, 0.1) is 31.1 Å². The van der Waals surface area contributed by atoms with Crippen LogP contribution in [0.1, 0.15) is 56.2 Å². The Hall–Kier alpha value is -2.74. The molecule has 1 unspecified atom stereocenters. The van der Waals surface area contributed by atoms with Crippen LogP contribution >= 0.6 is 0 Å². The molecule has 0 fully saturated rings. The fourth-order valence-electron chi connectivity index (χ4n) is 3.23. The van der Waals surface area contributed by atoms with Gasteiger partial charge in [0.05, 0.1) is 0 Å². The highest BCUT2D eigenvalue weighted by Crippen LogP contribution is 2.27. The lowest BCUT2D eigenvalue weighted by atomic mass is 9.99. The molecule has 0 saturated carbocycles. The van der Waals surface area contributed by atoms with Gasteiger partial charge in [0.2, 0.25) is 5.88 Å². The summed E-state index contributed by atoms with van der Waals surface area (Å²) >= 11 is 0. The lowest BCUT2D eigenvalue weighted by Gasteiger charge is -2.20. The molecule has 1 aromatic heterocycles. The molecular weight excluding hydrogens is 338 g/mol. The molecule has 2 aromatic rings. The maximum absolute atomic E-state index is 13.1. The molecule has 0 aliphatic rings. The smallest absolute Gasteiger partial charge is 0.277 e. The largest absolute Gasteiger partial charge is 0.493 e. The molecule has 0 spiro atoms. The van der Waals surface area contributed by atoms with Gasteiger partial charge in [0, 0.05) is 17.8 Å². The first kappa shape index (κ1) is 20.6. The summed E-state index contributed by atoms with van der Waals surface area (Å²) < 4.78 is 1.35. The van der Waals surface area contributed by atoms with E-state index in [-0.39, 0.29) is 22.9 Å². The predicted octanol–water partition coefficient (Wildman–Crippen LogP) is 5.00. The molecule has 5 nitrogen and oxygen atoms in total. The first-order valence-corrected chi connectivity index (χ1v) is 9.63. The Kier molecular flexibility index (Phi) is 7.06. The molecule has 144 valence electrons. The first-order chi connectivity index (χ1) is 12.9. The van der Waals surface area contributed by atoms with Crippen LogP contribution in [0.15, 0.2) is 29.1 Å². The van der Waals surface area contributed by atoms with Gasteiger partial charge in [-0.2, -0.15) is 5.26 Å². The molecule has 1 aromatic carbocycles. The van der Waals surface area contributed by atoms with Crippen LogP contribution in [-0.4, -0.2) is 9.67 Å². The number of hydrogen-bond donors (Lipinski definition) is 2. The third kappa shape index (κ3) is 4.71. The van der Waals surface area contributed by atoms with Gasteiger partial charge in [0.25, 0.3) is 5.56 Å². The minimum atomic E-state index is -0.292. The van der Waals surface area contributed by atoms with Crippen LogP contribution in [0.5, 0.6) is 5.88 Å². The van der Waals surface area contributed by atoms with Gasteiger partial charge in [0.15, 0.2) is 0 Å². The highest BCUT2D eigenvalue weighted by molar-refractivity contribution is 5.67. The fourth-order valence-corrected chi connectivity index (χ4v) is 3.23. The van der Waals surface area contributed by atoms with Gasteiger partial charge in [-0.1, -0.05) is 50.8 Å². The van der Waals surface area contributed by atoms with E-state index in [4.69, 9.17) is 0 Å². The zero-order valence-corrected chi connectivity index (χ0v) is 16.7. The van der Waals surface area contributed by atoms with E-state index in [1.165, 1.54) is 4.57 Å². The van der Waals surface area contributed by atoms with Crippen molar-refractivity contribution < 1.29 is 5.11 Å². The second-order valence-corrected chi connectivity index (χ2v) is 7.13. The van der Waals surface area contributed by atoms with Crippen molar-refractivity contribution in [1.29, 1.82) is 5.26 Å². The Morgan fingerprint density at radius 2 is 1.89 bits per heavy atom. The van der Waals surface area contributed by atoms with Gasteiger partial charge >= 0.3 is 0 Å². The summed E-state index contributed by atoms with van der Waals surface area (Å²) in [5, 5.41) is 23.2. The molecule has 0 radical (unpaired) electrons. The Balaban J connectivity index is 2.49. The van der Waals surface area contributed by atoms with Gasteiger partial charge in [-0.3, -0.25) is 9.36 Å². The first-order valence-electron chi connectivity index (χ1n) is 9.63. The SMILES string of the molecule is CCCCC(CC)Cn1c(O)c(C#N)c(C)c(Nc2ccc(C)cc2)c1=O. The molecule has 1 heterocycles. The number of nitrogens with one attached hydrogen (secondary N) is 1. The van der Waals surface area contributed by atoms with Crippen LogP contribution < -0.4 is 10.9 Å². The van der Waals surface area contributed by atoms with E-state index in [0.717, 1.165) is 36.9 Å². The van der Waals surface area contributed by atoms with Gasteiger partial charge in [-0.15, -0.1) is 0 Å². The number of nitriles is 1. The predicted molar refractivity (Wildman–Crippen MR) is 110 cm³/mol. The minimum absolute atomic E-state index is 0.148. The maximum Gasteiger partial charge on any atom is 0.277 e. The topological polar surface area (TPSA) is 78.1 Å². The number of nitrogens with zero attached hydrogens (tertiary/aromatic N) is 2. The summed E-state index contributed by atoms with van der Waals surface area (Å²) in [6, 6.07) is 9.76. The van der Waals surface area contributed by atoms with Crippen molar-refractivity contribution in [2.75, 3.05) is 5.32 Å². The van der Waals surface area contributed by atoms with E-state index in [0.29, 0.717) is 17.8 Å². The number of rotatable bonds is 8. The zero-order valence-electron chi connectivity index (χ0n) is 16.7. The molecule has 0 bridgehead atoms. The molecule has 1 atom stereocenters. The second-order valence-electron chi connectivity index (χ2n) is 7.13. The molecule has 27 heavy (non-hydrogen) atoms. The Labute approximate surface area is 161 Å². The summed E-state index contributed by atoms with van der Waals surface area (Å²) in [7, 11) is 0. The van der Waals surface area contributed by atoms with Crippen LogP contribution in [-0.2, 0) is 6.54 Å². The van der Waals surface area contributed by atoms with Crippen molar-refractivity contribution >= 4 is 11.4 Å². The second kappa shape index (κ2) is 9.27. The van der Waals surface area contributed by atoms with Crippen molar-refractivity contribution in [2.45, 2.75) is 59.9 Å². The number of aryl methyl sites for hydroxylation is 1.